The van der Waals surface area contributed by atoms with Crippen molar-refractivity contribution in [3.8, 4) is 45.6 Å². The summed E-state index contributed by atoms with van der Waals surface area (Å²) in [7, 11) is 0. The van der Waals surface area contributed by atoms with Gasteiger partial charge in [0.15, 0.2) is 10.9 Å². The molecule has 0 saturated heterocycles. The van der Waals surface area contributed by atoms with Crippen molar-refractivity contribution >= 4 is 21.9 Å². The van der Waals surface area contributed by atoms with Crippen molar-refractivity contribution in [1.29, 1.82) is 0 Å². The predicted molar refractivity (Wildman–Crippen MR) is 164 cm³/mol. The molecule has 2 heterocycles. The minimum absolute atomic E-state index is 0.111. The lowest BCUT2D eigenvalue weighted by Crippen LogP contribution is -2.04. The lowest BCUT2D eigenvalue weighted by molar-refractivity contribution is 0.278. The van der Waals surface area contributed by atoms with Gasteiger partial charge in [-0.2, -0.15) is 0 Å². The van der Waals surface area contributed by atoms with Crippen LogP contribution in [0.3, 0.4) is 0 Å². The molecule has 0 aliphatic heterocycles. The Morgan fingerprint density at radius 2 is 0.953 bits per heavy atom. The molecule has 6 aromatic rings. The Bertz CT molecular complexity index is 1860. The molecule has 0 radical (unpaired) electrons. The minimum Gasteiger partial charge on any atom is -0.507 e. The molecule has 8 heteroatoms. The van der Waals surface area contributed by atoms with E-state index >= 15 is 0 Å². The van der Waals surface area contributed by atoms with Gasteiger partial charge in [-0.15, -0.1) is 0 Å². The van der Waals surface area contributed by atoms with Crippen LogP contribution in [-0.2, 0) is 0 Å². The van der Waals surface area contributed by atoms with Gasteiger partial charge in [0.25, 0.3) is 0 Å². The number of phenolic OH excluding ortho intramolecular Hbond substituents is 2. The first kappa shape index (κ1) is 27.7. The molecule has 0 amide bonds. The minimum atomic E-state index is -0.331. The maximum Gasteiger partial charge on any atom is 0.197 e. The molecule has 43 heavy (non-hydrogen) atoms. The van der Waals surface area contributed by atoms with Crippen LogP contribution in [0, 0.1) is 0 Å². The number of benzene rings is 4. The lowest BCUT2D eigenvalue weighted by Gasteiger charge is -2.10. The number of hydrogen-bond acceptors (Lipinski definition) is 8. The molecule has 0 aliphatic rings. The van der Waals surface area contributed by atoms with E-state index in [1.165, 1.54) is 24.3 Å². The van der Waals surface area contributed by atoms with Crippen LogP contribution in [-0.4, -0.2) is 23.4 Å². The van der Waals surface area contributed by atoms with E-state index in [-0.39, 0.29) is 44.3 Å². The second-order valence-corrected chi connectivity index (χ2v) is 10.1. The highest BCUT2D eigenvalue weighted by Crippen LogP contribution is 2.32. The summed E-state index contributed by atoms with van der Waals surface area (Å²) < 4.78 is 23.5. The van der Waals surface area contributed by atoms with E-state index in [0.29, 0.717) is 49.1 Å². The standard InChI is InChI=1S/C35H28O8/c36-26-16-24(18-32-34(26)28(38)20-30(42-32)22-10-4-1-5-11-22)40-14-8-3-9-15-41-25-17-27(37)35-29(39)21-31(43-33(35)19-25)23-12-6-2-7-13-23/h1-2,4-7,10-13,16-21,36-37H,3,8-9,14-15H2. The van der Waals surface area contributed by atoms with Gasteiger partial charge in [-0.3, -0.25) is 9.59 Å². The highest BCUT2D eigenvalue weighted by atomic mass is 16.5. The Labute approximate surface area is 246 Å². The quantitative estimate of drug-likeness (QED) is 0.163. The van der Waals surface area contributed by atoms with E-state index in [1.54, 1.807) is 12.1 Å². The van der Waals surface area contributed by atoms with Crippen LogP contribution in [0.25, 0.3) is 44.6 Å². The van der Waals surface area contributed by atoms with E-state index in [4.69, 9.17) is 18.3 Å². The summed E-state index contributed by atoms with van der Waals surface area (Å²) in [6.07, 6.45) is 2.22. The average Bonchev–Trinajstić information content (AvgIpc) is 3.00. The summed E-state index contributed by atoms with van der Waals surface area (Å²) in [4.78, 5) is 25.3. The monoisotopic (exact) mass is 576 g/mol. The van der Waals surface area contributed by atoms with Crippen LogP contribution < -0.4 is 20.3 Å². The van der Waals surface area contributed by atoms with Crippen LogP contribution in [0.2, 0.25) is 0 Å². The lowest BCUT2D eigenvalue weighted by atomic mass is 10.1. The zero-order valence-corrected chi connectivity index (χ0v) is 23.1. The van der Waals surface area contributed by atoms with Gasteiger partial charge in [-0.1, -0.05) is 60.7 Å². The van der Waals surface area contributed by atoms with Crippen molar-refractivity contribution in [3.05, 3.63) is 118 Å². The fraction of sp³-hybridized carbons (Fsp3) is 0.143. The summed E-state index contributed by atoms with van der Waals surface area (Å²) in [5.74, 6) is 1.23. The van der Waals surface area contributed by atoms with Crippen molar-refractivity contribution in [3.63, 3.8) is 0 Å². The Morgan fingerprint density at radius 3 is 1.37 bits per heavy atom. The average molecular weight is 577 g/mol. The van der Waals surface area contributed by atoms with Gasteiger partial charge in [0.1, 0.15) is 56.5 Å². The second-order valence-electron chi connectivity index (χ2n) is 10.1. The fourth-order valence-electron chi connectivity index (χ4n) is 4.90. The smallest absolute Gasteiger partial charge is 0.197 e. The van der Waals surface area contributed by atoms with Crippen molar-refractivity contribution < 1.29 is 28.5 Å². The number of hydrogen-bond donors (Lipinski definition) is 2. The van der Waals surface area contributed by atoms with E-state index in [9.17, 15) is 19.8 Å². The van der Waals surface area contributed by atoms with Crippen molar-refractivity contribution in [2.24, 2.45) is 0 Å². The summed E-state index contributed by atoms with van der Waals surface area (Å²) >= 11 is 0. The Morgan fingerprint density at radius 1 is 0.535 bits per heavy atom. The number of ether oxygens (including phenoxy) is 2. The van der Waals surface area contributed by atoms with Gasteiger partial charge in [0, 0.05) is 47.5 Å². The van der Waals surface area contributed by atoms with Gasteiger partial charge >= 0.3 is 0 Å². The zero-order valence-electron chi connectivity index (χ0n) is 23.1. The molecule has 0 fully saturated rings. The number of phenols is 2. The molecule has 2 aromatic heterocycles. The highest BCUT2D eigenvalue weighted by molar-refractivity contribution is 5.87. The Hall–Kier alpha value is -5.50. The normalized spacial score (nSPS) is 11.2. The summed E-state index contributed by atoms with van der Waals surface area (Å²) in [6.45, 7) is 0.773. The van der Waals surface area contributed by atoms with Gasteiger partial charge in [0.05, 0.1) is 13.2 Å². The third-order valence-electron chi connectivity index (χ3n) is 7.01. The van der Waals surface area contributed by atoms with Crippen LogP contribution in [0.4, 0.5) is 0 Å². The zero-order chi connectivity index (χ0) is 29.8. The van der Waals surface area contributed by atoms with Crippen LogP contribution in [0.1, 0.15) is 19.3 Å². The summed E-state index contributed by atoms with van der Waals surface area (Å²) in [5, 5.41) is 21.1. The maximum atomic E-state index is 12.6. The SMILES string of the molecule is O=c1cc(-c2ccccc2)oc2cc(OCCCCCOc3cc(O)c4c(=O)cc(-c5ccccc5)oc4c3)cc(O)c12. The van der Waals surface area contributed by atoms with Crippen LogP contribution in [0.5, 0.6) is 23.0 Å². The molecule has 0 bridgehead atoms. The van der Waals surface area contributed by atoms with E-state index in [1.807, 2.05) is 60.7 Å². The summed E-state index contributed by atoms with van der Waals surface area (Å²) in [5.41, 5.74) is 1.36. The molecule has 0 spiro atoms. The first-order valence-electron chi connectivity index (χ1n) is 13.9. The molecule has 6 rings (SSSR count). The van der Waals surface area contributed by atoms with Crippen molar-refractivity contribution in [2.45, 2.75) is 19.3 Å². The van der Waals surface area contributed by atoms with Crippen LogP contribution >= 0.6 is 0 Å². The number of fused-ring (bicyclic) bond motifs is 2. The molecule has 0 saturated carbocycles. The first-order valence-corrected chi connectivity index (χ1v) is 13.9. The number of unbranched alkanes of at least 4 members (excludes halogenated alkanes) is 2. The first-order chi connectivity index (χ1) is 21.0. The molecular formula is C35H28O8. The predicted octanol–water partition coefficient (Wildman–Crippen LogP) is 7.27. The van der Waals surface area contributed by atoms with Crippen molar-refractivity contribution in [2.75, 3.05) is 13.2 Å². The Kier molecular flexibility index (Phi) is 7.82. The number of rotatable bonds is 10. The van der Waals surface area contributed by atoms with Gasteiger partial charge in [-0.25, -0.2) is 0 Å². The van der Waals surface area contributed by atoms with E-state index in [0.717, 1.165) is 17.5 Å². The molecule has 0 unspecified atom stereocenters. The fourth-order valence-corrected chi connectivity index (χ4v) is 4.90. The molecular weight excluding hydrogens is 548 g/mol. The third kappa shape index (κ3) is 6.08. The van der Waals surface area contributed by atoms with E-state index < -0.39 is 0 Å². The molecule has 2 N–H and O–H groups in total. The Balaban J connectivity index is 1.04. The van der Waals surface area contributed by atoms with Gasteiger partial charge < -0.3 is 28.5 Å². The molecule has 216 valence electrons. The van der Waals surface area contributed by atoms with Gasteiger partial charge in [0.2, 0.25) is 0 Å². The second kappa shape index (κ2) is 12.2. The van der Waals surface area contributed by atoms with Crippen LogP contribution in [0.15, 0.2) is 115 Å². The number of aromatic hydroxyl groups is 2. The largest absolute Gasteiger partial charge is 0.507 e. The summed E-state index contributed by atoms with van der Waals surface area (Å²) in [6, 6.07) is 27.3. The van der Waals surface area contributed by atoms with Crippen molar-refractivity contribution in [1.82, 2.24) is 0 Å². The molecule has 4 aromatic carbocycles. The van der Waals surface area contributed by atoms with Gasteiger partial charge in [-0.05, 0) is 19.3 Å². The third-order valence-corrected chi connectivity index (χ3v) is 7.01. The molecule has 8 nitrogen and oxygen atoms in total. The maximum absolute atomic E-state index is 12.6. The molecule has 0 atom stereocenters. The molecule has 0 aliphatic carbocycles. The highest BCUT2D eigenvalue weighted by Gasteiger charge is 2.14. The topological polar surface area (TPSA) is 119 Å². The van der Waals surface area contributed by atoms with E-state index in [2.05, 4.69) is 0 Å².